The van der Waals surface area contributed by atoms with Gasteiger partial charge >= 0.3 is 0 Å². The highest BCUT2D eigenvalue weighted by atomic mass is 79.9. The fourth-order valence-corrected chi connectivity index (χ4v) is 2.61. The summed E-state index contributed by atoms with van der Waals surface area (Å²) >= 11 is 3.37. The number of carbonyl (C=O) groups excluding carboxylic acids is 1. The van der Waals surface area contributed by atoms with Gasteiger partial charge in [-0.25, -0.2) is 10.5 Å². The average molecular weight is 397 g/mol. The number of aromatic amines is 1. The Hall–Kier alpha value is -3.06. The van der Waals surface area contributed by atoms with Gasteiger partial charge in [0, 0.05) is 9.87 Å². The highest BCUT2D eigenvalue weighted by Gasteiger charge is 2.12. The van der Waals surface area contributed by atoms with Crippen LogP contribution < -0.4 is 11.0 Å². The zero-order valence-corrected chi connectivity index (χ0v) is 14.5. The molecule has 0 fully saturated rings. The number of halogens is 1. The summed E-state index contributed by atoms with van der Waals surface area (Å²) in [5.74, 6) is -0.510. The van der Waals surface area contributed by atoms with Crippen molar-refractivity contribution in [3.8, 4) is 0 Å². The van der Waals surface area contributed by atoms with E-state index in [-0.39, 0.29) is 11.3 Å². The third-order valence-corrected chi connectivity index (χ3v) is 3.80. The Balaban J connectivity index is 1.76. The molecule has 0 spiro atoms. The number of carbonyl (C=O) groups is 1. The Morgan fingerprint density at radius 3 is 2.52 bits per heavy atom. The van der Waals surface area contributed by atoms with Crippen LogP contribution in [0.2, 0.25) is 0 Å². The van der Waals surface area contributed by atoms with E-state index < -0.39 is 5.91 Å². The molecule has 0 atom stereocenters. The summed E-state index contributed by atoms with van der Waals surface area (Å²) in [6.45, 7) is 0. The zero-order chi connectivity index (χ0) is 17.6. The lowest BCUT2D eigenvalue weighted by molar-refractivity contribution is 0.0951. The van der Waals surface area contributed by atoms with E-state index in [2.05, 4.69) is 36.7 Å². The van der Waals surface area contributed by atoms with Gasteiger partial charge in [-0.1, -0.05) is 48.5 Å². The molecule has 0 aliphatic carbocycles. The number of nitrogens with zero attached hydrogens (tertiary/aromatic N) is 2. The topological polar surface area (TPSA) is 87.2 Å². The number of hydrazone groups is 1. The molecular formula is C18H13BrN4O2. The van der Waals surface area contributed by atoms with Crippen molar-refractivity contribution in [2.45, 2.75) is 0 Å². The first kappa shape index (κ1) is 16.8. The fraction of sp³-hybridized carbons (Fsp3) is 0. The molecule has 0 bridgehead atoms. The highest BCUT2D eigenvalue weighted by Crippen LogP contribution is 2.12. The normalized spacial score (nSPS) is 11.8. The van der Waals surface area contributed by atoms with Gasteiger partial charge in [0.05, 0.1) is 11.6 Å². The lowest BCUT2D eigenvalue weighted by Gasteiger charge is -2.02. The van der Waals surface area contributed by atoms with E-state index in [1.807, 2.05) is 36.4 Å². The quantitative estimate of drug-likeness (QED) is 0.524. The summed E-state index contributed by atoms with van der Waals surface area (Å²) in [4.78, 5) is 24.0. The molecule has 1 heterocycles. The summed E-state index contributed by atoms with van der Waals surface area (Å²) in [7, 11) is 0. The summed E-state index contributed by atoms with van der Waals surface area (Å²) in [5, 5.41) is 10.9. The third-order valence-electron chi connectivity index (χ3n) is 3.37. The molecule has 3 rings (SSSR count). The third kappa shape index (κ3) is 4.07. The van der Waals surface area contributed by atoms with E-state index in [1.54, 1.807) is 24.3 Å². The molecule has 3 aromatic rings. The number of nitrogens with one attached hydrogen (secondary N) is 2. The molecular weight excluding hydrogens is 384 g/mol. The number of benzene rings is 2. The maximum atomic E-state index is 12.3. The minimum Gasteiger partial charge on any atom is -0.267 e. The first-order valence-corrected chi connectivity index (χ1v) is 8.17. The molecule has 7 heteroatoms. The van der Waals surface area contributed by atoms with Crippen LogP contribution in [0.5, 0.6) is 0 Å². The molecule has 0 saturated carbocycles. The minimum absolute atomic E-state index is 0.107. The van der Waals surface area contributed by atoms with Crippen LogP contribution in [-0.2, 0) is 0 Å². The molecule has 1 aromatic heterocycles. The Bertz CT molecular complexity index is 1030. The van der Waals surface area contributed by atoms with Gasteiger partial charge in [0.1, 0.15) is 0 Å². The van der Waals surface area contributed by atoms with E-state index in [9.17, 15) is 9.59 Å². The molecule has 0 aliphatic rings. The minimum atomic E-state index is -0.510. The van der Waals surface area contributed by atoms with Crippen molar-refractivity contribution in [1.29, 1.82) is 0 Å². The predicted molar refractivity (Wildman–Crippen MR) is 102 cm³/mol. The smallest absolute Gasteiger partial charge is 0.267 e. The molecule has 124 valence electrons. The molecule has 0 aliphatic heterocycles. The number of hydrogen-bond acceptors (Lipinski definition) is 4. The Morgan fingerprint density at radius 1 is 1.08 bits per heavy atom. The number of aromatic nitrogens is 2. The van der Waals surface area contributed by atoms with E-state index in [4.69, 9.17) is 0 Å². The largest absolute Gasteiger partial charge is 0.292 e. The Labute approximate surface area is 151 Å². The van der Waals surface area contributed by atoms with Gasteiger partial charge in [-0.2, -0.15) is 10.2 Å². The van der Waals surface area contributed by atoms with Crippen LogP contribution in [0, 0.1) is 0 Å². The van der Waals surface area contributed by atoms with Gasteiger partial charge in [-0.3, -0.25) is 9.59 Å². The first-order chi connectivity index (χ1) is 12.1. The van der Waals surface area contributed by atoms with Gasteiger partial charge in [0.2, 0.25) is 0 Å². The molecule has 1 amide bonds. The van der Waals surface area contributed by atoms with E-state index in [0.717, 1.165) is 5.56 Å². The lowest BCUT2D eigenvalue weighted by atomic mass is 10.1. The van der Waals surface area contributed by atoms with Crippen LogP contribution in [0.1, 0.15) is 16.1 Å². The SMILES string of the molecule is O=C(N/N=C/C(Br)=C/c1ccccc1)c1n[nH]c(=O)c2ccccc12. The Kier molecular flexibility index (Phi) is 5.15. The van der Waals surface area contributed by atoms with Crippen molar-refractivity contribution in [3.05, 3.63) is 80.7 Å². The average Bonchev–Trinajstić information content (AvgIpc) is 2.63. The van der Waals surface area contributed by atoms with Crippen LogP contribution in [-0.4, -0.2) is 22.3 Å². The van der Waals surface area contributed by atoms with Gasteiger partial charge < -0.3 is 0 Å². The molecule has 0 unspecified atom stereocenters. The van der Waals surface area contributed by atoms with Crippen molar-refractivity contribution in [1.82, 2.24) is 15.6 Å². The van der Waals surface area contributed by atoms with Crippen LogP contribution in [0.3, 0.4) is 0 Å². The Morgan fingerprint density at radius 2 is 1.76 bits per heavy atom. The maximum absolute atomic E-state index is 12.3. The number of amides is 1. The van der Waals surface area contributed by atoms with Crippen molar-refractivity contribution in [3.63, 3.8) is 0 Å². The van der Waals surface area contributed by atoms with Crippen molar-refractivity contribution < 1.29 is 4.79 Å². The summed E-state index contributed by atoms with van der Waals surface area (Å²) < 4.78 is 0.693. The monoisotopic (exact) mass is 396 g/mol. The molecule has 0 saturated heterocycles. The molecule has 6 nitrogen and oxygen atoms in total. The number of hydrogen-bond donors (Lipinski definition) is 2. The molecule has 2 N–H and O–H groups in total. The molecule has 0 radical (unpaired) electrons. The van der Waals surface area contributed by atoms with Gasteiger partial charge in [0.15, 0.2) is 5.69 Å². The number of H-pyrrole nitrogens is 1. The van der Waals surface area contributed by atoms with Gasteiger partial charge in [-0.05, 0) is 33.6 Å². The number of allylic oxidation sites excluding steroid dienone is 1. The van der Waals surface area contributed by atoms with Crippen LogP contribution in [0.4, 0.5) is 0 Å². The van der Waals surface area contributed by atoms with Gasteiger partial charge in [-0.15, -0.1) is 0 Å². The maximum Gasteiger partial charge on any atom is 0.292 e. The predicted octanol–water partition coefficient (Wildman–Crippen LogP) is 3.07. The molecule has 2 aromatic carbocycles. The van der Waals surface area contributed by atoms with Crippen LogP contribution in [0.15, 0.2) is 69.0 Å². The van der Waals surface area contributed by atoms with E-state index in [0.29, 0.717) is 15.3 Å². The highest BCUT2D eigenvalue weighted by molar-refractivity contribution is 9.12. The van der Waals surface area contributed by atoms with Crippen LogP contribution in [0.25, 0.3) is 16.8 Å². The summed E-state index contributed by atoms with van der Waals surface area (Å²) in [5.41, 5.74) is 3.17. The second-order valence-corrected chi connectivity index (χ2v) is 6.00. The second-order valence-electron chi connectivity index (χ2n) is 5.09. The lowest BCUT2D eigenvalue weighted by Crippen LogP contribution is -2.22. The van der Waals surface area contributed by atoms with Gasteiger partial charge in [0.25, 0.3) is 11.5 Å². The fourth-order valence-electron chi connectivity index (χ4n) is 2.24. The summed E-state index contributed by atoms with van der Waals surface area (Å²) in [6.07, 6.45) is 3.34. The van der Waals surface area contributed by atoms with Crippen LogP contribution >= 0.6 is 15.9 Å². The standard InChI is InChI=1S/C18H13BrN4O2/c19-13(10-12-6-2-1-3-7-12)11-20-22-18(25)16-14-8-4-5-9-15(14)17(24)23-21-16/h1-11H,(H,22,25)(H,23,24)/b13-10-,20-11+. The molecule has 25 heavy (non-hydrogen) atoms. The first-order valence-electron chi connectivity index (χ1n) is 7.38. The van der Waals surface area contributed by atoms with E-state index >= 15 is 0 Å². The number of rotatable bonds is 4. The number of fused-ring (bicyclic) bond motifs is 1. The van der Waals surface area contributed by atoms with E-state index in [1.165, 1.54) is 6.21 Å². The van der Waals surface area contributed by atoms with Crippen molar-refractivity contribution in [2.24, 2.45) is 5.10 Å². The second kappa shape index (κ2) is 7.67. The van der Waals surface area contributed by atoms with Crippen molar-refractivity contribution in [2.75, 3.05) is 0 Å². The summed E-state index contributed by atoms with van der Waals surface area (Å²) in [6, 6.07) is 16.5. The zero-order valence-electron chi connectivity index (χ0n) is 12.9. The van der Waals surface area contributed by atoms with Crippen molar-refractivity contribution >= 4 is 44.9 Å².